The number of carbonyl (C=O) groups is 1. The number of thiocarbonyl (C=S) groups is 1. The number of benzene rings is 1. The molecule has 0 bridgehead atoms. The summed E-state index contributed by atoms with van der Waals surface area (Å²) >= 11 is 13.2. The molecule has 0 spiro atoms. The molecule has 122 valence electrons. The number of halogens is 1. The van der Waals surface area contributed by atoms with Crippen LogP contribution in [0.4, 0.5) is 0 Å². The van der Waals surface area contributed by atoms with E-state index in [9.17, 15) is 4.79 Å². The molecule has 1 fully saturated rings. The van der Waals surface area contributed by atoms with Crippen molar-refractivity contribution in [3.05, 3.63) is 34.2 Å². The van der Waals surface area contributed by atoms with Crippen molar-refractivity contribution >= 4 is 56.3 Å². The third kappa shape index (κ3) is 3.52. The maximum atomic E-state index is 12.5. The molecule has 0 atom stereocenters. The van der Waals surface area contributed by atoms with Crippen LogP contribution >= 0.6 is 35.2 Å². The van der Waals surface area contributed by atoms with Gasteiger partial charge in [0.15, 0.2) is 5.11 Å². The second-order valence-electron chi connectivity index (χ2n) is 5.90. The maximum Gasteiger partial charge on any atom is 0.269 e. The summed E-state index contributed by atoms with van der Waals surface area (Å²) in [7, 11) is 1.96. The van der Waals surface area contributed by atoms with E-state index in [1.54, 1.807) is 0 Å². The molecule has 1 saturated carbocycles. The Hall–Kier alpha value is -1.17. The zero-order chi connectivity index (χ0) is 16.4. The van der Waals surface area contributed by atoms with Gasteiger partial charge in [-0.15, -0.1) is 11.3 Å². The predicted octanol–water partition coefficient (Wildman–Crippen LogP) is 4.83. The van der Waals surface area contributed by atoms with Crippen molar-refractivity contribution in [1.29, 1.82) is 0 Å². The largest absolute Gasteiger partial charge is 0.349 e. The van der Waals surface area contributed by atoms with Gasteiger partial charge in [-0.05, 0) is 31.1 Å². The summed E-state index contributed by atoms with van der Waals surface area (Å²) in [5, 5.41) is 4.74. The summed E-state index contributed by atoms with van der Waals surface area (Å²) in [5.41, 5.74) is 0. The Kier molecular flexibility index (Phi) is 5.19. The quantitative estimate of drug-likeness (QED) is 0.772. The van der Waals surface area contributed by atoms with Crippen molar-refractivity contribution in [3.63, 3.8) is 0 Å². The molecular formula is C17H19ClN2OS2. The van der Waals surface area contributed by atoms with Crippen LogP contribution in [0.1, 0.15) is 41.8 Å². The zero-order valence-corrected chi connectivity index (χ0v) is 15.4. The Labute approximate surface area is 150 Å². The Balaban J connectivity index is 1.72. The van der Waals surface area contributed by atoms with E-state index in [2.05, 4.69) is 5.32 Å². The number of rotatable bonds is 2. The van der Waals surface area contributed by atoms with Gasteiger partial charge in [0.1, 0.15) is 4.88 Å². The average molecular weight is 367 g/mol. The minimum atomic E-state index is -0.219. The van der Waals surface area contributed by atoms with Crippen LogP contribution in [0.3, 0.4) is 0 Å². The molecule has 1 aliphatic rings. The number of carbonyl (C=O) groups excluding carboxylic acids is 1. The summed E-state index contributed by atoms with van der Waals surface area (Å²) in [6.07, 6.45) is 6.02. The first-order chi connectivity index (χ1) is 11.1. The summed E-state index contributed by atoms with van der Waals surface area (Å²) in [4.78, 5) is 15.1. The number of amides is 1. The molecule has 0 saturated heterocycles. The van der Waals surface area contributed by atoms with Crippen LogP contribution in [0.15, 0.2) is 24.3 Å². The van der Waals surface area contributed by atoms with E-state index in [0.717, 1.165) is 22.9 Å². The highest BCUT2D eigenvalue weighted by Gasteiger charge is 2.23. The molecule has 3 nitrogen and oxygen atoms in total. The predicted molar refractivity (Wildman–Crippen MR) is 102 cm³/mol. The summed E-state index contributed by atoms with van der Waals surface area (Å²) in [6, 6.07) is 8.18. The number of hydrogen-bond acceptors (Lipinski definition) is 3. The van der Waals surface area contributed by atoms with Crippen LogP contribution in [-0.2, 0) is 0 Å². The molecular weight excluding hydrogens is 348 g/mol. The van der Waals surface area contributed by atoms with E-state index in [0.29, 0.717) is 21.1 Å². The molecule has 1 aliphatic carbocycles. The average Bonchev–Trinajstić information content (AvgIpc) is 2.92. The molecule has 1 aromatic heterocycles. The molecule has 0 unspecified atom stereocenters. The van der Waals surface area contributed by atoms with Gasteiger partial charge in [-0.25, -0.2) is 0 Å². The Morgan fingerprint density at radius 3 is 2.70 bits per heavy atom. The lowest BCUT2D eigenvalue weighted by atomic mass is 9.95. The fourth-order valence-corrected chi connectivity index (χ4v) is 4.69. The number of nitrogens with one attached hydrogen (secondary N) is 1. The molecule has 6 heteroatoms. The minimum Gasteiger partial charge on any atom is -0.349 e. The fourth-order valence-electron chi connectivity index (χ4n) is 3.04. The molecule has 0 aliphatic heterocycles. The van der Waals surface area contributed by atoms with Crippen molar-refractivity contribution in [3.8, 4) is 0 Å². The molecule has 1 N–H and O–H groups in total. The lowest BCUT2D eigenvalue weighted by molar-refractivity contribution is 0.0976. The molecule has 1 heterocycles. The normalized spacial score (nSPS) is 15.6. The zero-order valence-electron chi connectivity index (χ0n) is 13.0. The van der Waals surface area contributed by atoms with E-state index < -0.39 is 0 Å². The molecule has 1 aromatic carbocycles. The van der Waals surface area contributed by atoms with E-state index in [1.165, 1.54) is 30.6 Å². The first kappa shape index (κ1) is 16.7. The van der Waals surface area contributed by atoms with Gasteiger partial charge in [-0.3, -0.25) is 10.1 Å². The number of thiophene rings is 1. The first-order valence-electron chi connectivity index (χ1n) is 7.83. The van der Waals surface area contributed by atoms with Crippen LogP contribution in [-0.4, -0.2) is 29.0 Å². The third-order valence-electron chi connectivity index (χ3n) is 4.40. The lowest BCUT2D eigenvalue weighted by Gasteiger charge is -2.32. The van der Waals surface area contributed by atoms with Gasteiger partial charge >= 0.3 is 0 Å². The Morgan fingerprint density at radius 2 is 2.00 bits per heavy atom. The standard InChI is InChI=1S/C17H19ClN2OS2/c1-20(11-7-3-2-4-8-11)17(22)19-16(21)15-14(18)12-9-5-6-10-13(12)23-15/h5-6,9-11H,2-4,7-8H2,1H3,(H,19,21,22). The van der Waals surface area contributed by atoms with Crippen molar-refractivity contribution in [2.24, 2.45) is 0 Å². The van der Waals surface area contributed by atoms with Gasteiger partial charge in [-0.2, -0.15) is 0 Å². The highest BCUT2D eigenvalue weighted by molar-refractivity contribution is 7.80. The second kappa shape index (κ2) is 7.16. The molecule has 23 heavy (non-hydrogen) atoms. The van der Waals surface area contributed by atoms with Gasteiger partial charge < -0.3 is 4.90 Å². The molecule has 0 radical (unpaired) electrons. The topological polar surface area (TPSA) is 32.3 Å². The van der Waals surface area contributed by atoms with Crippen molar-refractivity contribution in [2.75, 3.05) is 7.05 Å². The number of hydrogen-bond donors (Lipinski definition) is 1. The second-order valence-corrected chi connectivity index (χ2v) is 7.72. The monoisotopic (exact) mass is 366 g/mol. The van der Waals surface area contributed by atoms with Crippen molar-refractivity contribution in [2.45, 2.75) is 38.1 Å². The van der Waals surface area contributed by atoms with Crippen LogP contribution < -0.4 is 5.32 Å². The lowest BCUT2D eigenvalue weighted by Crippen LogP contribution is -2.46. The molecule has 3 rings (SSSR count). The fraction of sp³-hybridized carbons (Fsp3) is 0.412. The van der Waals surface area contributed by atoms with Gasteiger partial charge in [0.25, 0.3) is 5.91 Å². The summed E-state index contributed by atoms with van der Waals surface area (Å²) in [5.74, 6) is -0.219. The van der Waals surface area contributed by atoms with Gasteiger partial charge in [0.05, 0.1) is 5.02 Å². The number of nitrogens with zero attached hydrogens (tertiary/aromatic N) is 1. The highest BCUT2D eigenvalue weighted by atomic mass is 35.5. The third-order valence-corrected chi connectivity index (χ3v) is 6.47. The highest BCUT2D eigenvalue weighted by Crippen LogP contribution is 2.35. The summed E-state index contributed by atoms with van der Waals surface area (Å²) < 4.78 is 1.01. The van der Waals surface area contributed by atoms with E-state index in [-0.39, 0.29) is 5.91 Å². The van der Waals surface area contributed by atoms with Crippen LogP contribution in [0.5, 0.6) is 0 Å². The Bertz CT molecular complexity index is 737. The molecule has 1 amide bonds. The van der Waals surface area contributed by atoms with Crippen LogP contribution in [0.2, 0.25) is 5.02 Å². The van der Waals surface area contributed by atoms with Gasteiger partial charge in [0.2, 0.25) is 0 Å². The SMILES string of the molecule is CN(C(=S)NC(=O)c1sc2ccccc2c1Cl)C1CCCCC1. The van der Waals surface area contributed by atoms with Gasteiger partial charge in [-0.1, -0.05) is 49.1 Å². The van der Waals surface area contributed by atoms with Crippen LogP contribution in [0.25, 0.3) is 10.1 Å². The first-order valence-corrected chi connectivity index (χ1v) is 9.43. The van der Waals surface area contributed by atoms with E-state index in [4.69, 9.17) is 23.8 Å². The summed E-state index contributed by atoms with van der Waals surface area (Å²) in [6.45, 7) is 0. The van der Waals surface area contributed by atoms with Crippen molar-refractivity contribution in [1.82, 2.24) is 10.2 Å². The van der Waals surface area contributed by atoms with E-state index >= 15 is 0 Å². The Morgan fingerprint density at radius 1 is 1.30 bits per heavy atom. The minimum absolute atomic E-state index is 0.219. The van der Waals surface area contributed by atoms with Gasteiger partial charge in [0, 0.05) is 23.2 Å². The maximum absolute atomic E-state index is 12.5. The van der Waals surface area contributed by atoms with Crippen molar-refractivity contribution < 1.29 is 4.79 Å². The number of fused-ring (bicyclic) bond motifs is 1. The smallest absolute Gasteiger partial charge is 0.269 e. The van der Waals surface area contributed by atoms with E-state index in [1.807, 2.05) is 36.2 Å². The molecule has 2 aromatic rings. The van der Waals surface area contributed by atoms with Crippen LogP contribution in [0, 0.1) is 0 Å².